The molecule has 1 aliphatic heterocycles. The summed E-state index contributed by atoms with van der Waals surface area (Å²) in [6.45, 7) is 0. The van der Waals surface area contributed by atoms with Crippen molar-refractivity contribution in [1.82, 2.24) is 5.32 Å². The Labute approximate surface area is 82.2 Å². The van der Waals surface area contributed by atoms with Crippen LogP contribution >= 0.6 is 24.0 Å². The molecule has 12 heavy (non-hydrogen) atoms. The van der Waals surface area contributed by atoms with E-state index in [2.05, 4.69) is 5.32 Å². The smallest absolute Gasteiger partial charge is 0.152 e. The quantitative estimate of drug-likeness (QED) is 0.655. The number of rotatable bonds is 1. The first-order valence-corrected chi connectivity index (χ1v) is 7.04. The summed E-state index contributed by atoms with van der Waals surface area (Å²) in [6, 6.07) is 0.0370. The van der Waals surface area contributed by atoms with E-state index in [9.17, 15) is 8.42 Å². The average molecular weight is 225 g/mol. The summed E-state index contributed by atoms with van der Waals surface area (Å²) in [5.41, 5.74) is 0. The van der Waals surface area contributed by atoms with Crippen LogP contribution in [0.5, 0.6) is 0 Å². The highest BCUT2D eigenvalue weighted by Crippen LogP contribution is 2.12. The lowest BCUT2D eigenvalue weighted by molar-refractivity contribution is 0.600. The van der Waals surface area contributed by atoms with Gasteiger partial charge in [-0.3, -0.25) is 0 Å². The van der Waals surface area contributed by atoms with Crippen LogP contribution in [-0.2, 0) is 9.84 Å². The Morgan fingerprint density at radius 1 is 1.67 bits per heavy atom. The Morgan fingerprint density at radius 3 is 2.75 bits per heavy atom. The first kappa shape index (κ1) is 10.3. The second-order valence-corrected chi connectivity index (χ2v) is 6.45. The molecule has 1 N–H and O–H groups in total. The van der Waals surface area contributed by atoms with Crippen molar-refractivity contribution in [2.24, 2.45) is 0 Å². The van der Waals surface area contributed by atoms with Crippen molar-refractivity contribution < 1.29 is 8.42 Å². The fraction of sp³-hybridized carbons (Fsp3) is 0.833. The van der Waals surface area contributed by atoms with E-state index in [0.717, 1.165) is 0 Å². The van der Waals surface area contributed by atoms with Crippen LogP contribution in [0, 0.1) is 0 Å². The molecule has 1 saturated heterocycles. The molecule has 3 nitrogen and oxygen atoms in total. The zero-order valence-corrected chi connectivity index (χ0v) is 9.19. The topological polar surface area (TPSA) is 46.2 Å². The summed E-state index contributed by atoms with van der Waals surface area (Å²) in [4.78, 5) is 0. The van der Waals surface area contributed by atoms with Crippen LogP contribution in [-0.4, -0.2) is 36.5 Å². The third-order valence-electron chi connectivity index (χ3n) is 1.74. The molecule has 70 valence electrons. The normalized spacial score (nSPS) is 26.9. The predicted octanol–water partition coefficient (Wildman–Crippen LogP) is 0.411. The van der Waals surface area contributed by atoms with Crippen molar-refractivity contribution in [3.05, 3.63) is 0 Å². The molecule has 0 bridgehead atoms. The maximum atomic E-state index is 11.0. The van der Waals surface area contributed by atoms with Gasteiger partial charge in [0.05, 0.1) is 11.5 Å². The molecule has 1 atom stereocenters. The van der Waals surface area contributed by atoms with Crippen LogP contribution in [0.2, 0.25) is 0 Å². The van der Waals surface area contributed by atoms with Crippen molar-refractivity contribution >= 4 is 38.1 Å². The van der Waals surface area contributed by atoms with Crippen LogP contribution in [0.1, 0.15) is 6.42 Å². The van der Waals surface area contributed by atoms with Gasteiger partial charge < -0.3 is 5.32 Å². The highest BCUT2D eigenvalue weighted by Gasteiger charge is 2.27. The van der Waals surface area contributed by atoms with Crippen LogP contribution in [0.4, 0.5) is 0 Å². The summed E-state index contributed by atoms with van der Waals surface area (Å²) in [7, 11) is -2.78. The number of thiocarbonyl (C=S) groups is 1. The zero-order chi connectivity index (χ0) is 9.19. The Bertz CT molecular complexity index is 273. The van der Waals surface area contributed by atoms with Gasteiger partial charge in [-0.15, -0.1) is 11.8 Å². The minimum Gasteiger partial charge on any atom is -0.367 e. The Kier molecular flexibility index (Phi) is 3.37. The third kappa shape index (κ3) is 2.91. The van der Waals surface area contributed by atoms with Crippen LogP contribution in [0.25, 0.3) is 0 Å². The maximum Gasteiger partial charge on any atom is 0.152 e. The fourth-order valence-electron chi connectivity index (χ4n) is 1.13. The largest absolute Gasteiger partial charge is 0.367 e. The number of hydrogen-bond acceptors (Lipinski definition) is 4. The van der Waals surface area contributed by atoms with E-state index < -0.39 is 9.84 Å². The van der Waals surface area contributed by atoms with Crippen molar-refractivity contribution in [3.8, 4) is 0 Å². The third-order valence-corrected chi connectivity index (χ3v) is 4.61. The van der Waals surface area contributed by atoms with Gasteiger partial charge in [-0.25, -0.2) is 8.42 Å². The van der Waals surface area contributed by atoms with E-state index in [4.69, 9.17) is 12.2 Å². The summed E-state index contributed by atoms with van der Waals surface area (Å²) in [5.74, 6) is 0.523. The van der Waals surface area contributed by atoms with Crippen molar-refractivity contribution in [2.75, 3.05) is 17.8 Å². The van der Waals surface area contributed by atoms with Gasteiger partial charge in [-0.05, 0) is 12.7 Å². The van der Waals surface area contributed by atoms with Crippen molar-refractivity contribution in [3.63, 3.8) is 0 Å². The van der Waals surface area contributed by atoms with Crippen LogP contribution in [0.15, 0.2) is 0 Å². The van der Waals surface area contributed by atoms with E-state index >= 15 is 0 Å². The molecule has 0 spiro atoms. The number of thioether (sulfide) groups is 1. The summed E-state index contributed by atoms with van der Waals surface area (Å²) >= 11 is 6.36. The predicted molar refractivity (Wildman–Crippen MR) is 56.3 cm³/mol. The van der Waals surface area contributed by atoms with Gasteiger partial charge in [0.2, 0.25) is 0 Å². The van der Waals surface area contributed by atoms with Gasteiger partial charge in [0.1, 0.15) is 4.32 Å². The van der Waals surface area contributed by atoms with Crippen LogP contribution < -0.4 is 5.32 Å². The molecule has 0 amide bonds. The molecule has 1 aliphatic rings. The lowest BCUT2D eigenvalue weighted by Crippen LogP contribution is -2.32. The standard InChI is InChI=1S/C6H11NO2S3/c1-11-6(10)7-5-2-3-12(8,9)4-5/h5H,2-4H2,1H3,(H,7,10)/t5-/m0/s1. The molecule has 0 aromatic carbocycles. The molecule has 1 heterocycles. The molecule has 1 rings (SSSR count). The molecule has 6 heteroatoms. The lowest BCUT2D eigenvalue weighted by atomic mass is 10.3. The first-order valence-electron chi connectivity index (χ1n) is 3.58. The minimum absolute atomic E-state index is 0.0370. The Hall–Kier alpha value is 0.190. The number of nitrogens with one attached hydrogen (secondary N) is 1. The van der Waals surface area contributed by atoms with Crippen molar-refractivity contribution in [2.45, 2.75) is 12.5 Å². The molecule has 0 radical (unpaired) electrons. The van der Waals surface area contributed by atoms with E-state index in [-0.39, 0.29) is 11.8 Å². The second-order valence-electron chi connectivity index (χ2n) is 2.74. The van der Waals surface area contributed by atoms with E-state index in [1.165, 1.54) is 11.8 Å². The van der Waals surface area contributed by atoms with Gasteiger partial charge in [-0.2, -0.15) is 0 Å². The summed E-state index contributed by atoms with van der Waals surface area (Å²) < 4.78 is 22.7. The summed E-state index contributed by atoms with van der Waals surface area (Å²) in [5, 5.41) is 3.00. The van der Waals surface area contributed by atoms with Gasteiger partial charge >= 0.3 is 0 Å². The van der Waals surface area contributed by atoms with E-state index in [0.29, 0.717) is 16.5 Å². The number of sulfone groups is 1. The molecule has 0 aromatic rings. The number of hydrogen-bond donors (Lipinski definition) is 1. The minimum atomic E-state index is -2.78. The monoisotopic (exact) mass is 225 g/mol. The Balaban J connectivity index is 2.43. The van der Waals surface area contributed by atoms with E-state index in [1.807, 2.05) is 6.26 Å². The van der Waals surface area contributed by atoms with Gasteiger partial charge in [-0.1, -0.05) is 12.2 Å². The highest BCUT2D eigenvalue weighted by atomic mass is 32.2. The molecule has 0 aromatic heterocycles. The van der Waals surface area contributed by atoms with Crippen molar-refractivity contribution in [1.29, 1.82) is 0 Å². The molecule has 0 aliphatic carbocycles. The summed E-state index contributed by atoms with van der Waals surface area (Å²) in [6.07, 6.45) is 2.56. The first-order chi connectivity index (χ1) is 5.53. The highest BCUT2D eigenvalue weighted by molar-refractivity contribution is 8.22. The SMILES string of the molecule is CSC(=S)N[C@H]1CCS(=O)(=O)C1. The fourth-order valence-corrected chi connectivity index (χ4v) is 3.26. The molecule has 1 fully saturated rings. The molecular weight excluding hydrogens is 214 g/mol. The van der Waals surface area contributed by atoms with Gasteiger partial charge in [0.15, 0.2) is 9.84 Å². The zero-order valence-electron chi connectivity index (χ0n) is 6.74. The van der Waals surface area contributed by atoms with Gasteiger partial charge in [0, 0.05) is 6.04 Å². The average Bonchev–Trinajstić information content (AvgIpc) is 2.30. The second kappa shape index (κ2) is 3.93. The Morgan fingerprint density at radius 2 is 2.33 bits per heavy atom. The molecule has 0 unspecified atom stereocenters. The van der Waals surface area contributed by atoms with E-state index in [1.54, 1.807) is 0 Å². The molecule has 0 saturated carbocycles. The van der Waals surface area contributed by atoms with Gasteiger partial charge in [0.25, 0.3) is 0 Å². The molecular formula is C6H11NO2S3. The van der Waals surface area contributed by atoms with Crippen LogP contribution in [0.3, 0.4) is 0 Å². The maximum absolute atomic E-state index is 11.0. The lowest BCUT2D eigenvalue weighted by Gasteiger charge is -2.10.